The lowest BCUT2D eigenvalue weighted by molar-refractivity contribution is 0.313. The molecule has 30 heavy (non-hydrogen) atoms. The van der Waals surface area contributed by atoms with Crippen LogP contribution in [0, 0.1) is 36.1 Å². The zero-order valence-electron chi connectivity index (χ0n) is 17.5. The van der Waals surface area contributed by atoms with Gasteiger partial charge in [-0.3, -0.25) is 0 Å². The van der Waals surface area contributed by atoms with Crippen LogP contribution in [0.4, 0.5) is 17.6 Å². The summed E-state index contributed by atoms with van der Waals surface area (Å²) in [6, 6.07) is 6.38. The van der Waals surface area contributed by atoms with Gasteiger partial charge in [0.05, 0.1) is 6.61 Å². The molecule has 0 atom stereocenters. The van der Waals surface area contributed by atoms with E-state index in [2.05, 4.69) is 6.08 Å². The Kier molecular flexibility index (Phi) is 7.57. The molecule has 1 aliphatic carbocycles. The maximum absolute atomic E-state index is 14.2. The minimum absolute atomic E-state index is 0.0469. The Labute approximate surface area is 175 Å². The maximum Gasteiger partial charge on any atom is 0.200 e. The molecular formula is C25H28F4O. The molecule has 0 amide bonds. The van der Waals surface area contributed by atoms with Gasteiger partial charge < -0.3 is 4.74 Å². The van der Waals surface area contributed by atoms with Gasteiger partial charge in [-0.25, -0.2) is 13.2 Å². The second-order valence-electron chi connectivity index (χ2n) is 7.96. The zero-order valence-corrected chi connectivity index (χ0v) is 17.5. The predicted octanol–water partition coefficient (Wildman–Crippen LogP) is 7.41. The highest BCUT2D eigenvalue weighted by Crippen LogP contribution is 2.38. The Balaban J connectivity index is 1.50. The van der Waals surface area contributed by atoms with E-state index in [0.717, 1.165) is 25.7 Å². The second kappa shape index (κ2) is 10.1. The standard InChI is InChI=1S/C25H28F4O/c1-3-30-21-15-13-19(23(27)25(21)29)7-5-4-6-17-9-11-18(12-10-17)20-14-8-16(2)22(26)24(20)28/h4,6,8,13-15,17-18H,3,5,7,9-12H2,1-2H3/b6-4+. The molecule has 2 aromatic carbocycles. The third kappa shape index (κ3) is 5.05. The van der Waals surface area contributed by atoms with Gasteiger partial charge in [0.2, 0.25) is 5.82 Å². The molecule has 2 aromatic rings. The van der Waals surface area contributed by atoms with Crippen LogP contribution in [0.15, 0.2) is 36.4 Å². The summed E-state index contributed by atoms with van der Waals surface area (Å²) in [7, 11) is 0. The van der Waals surface area contributed by atoms with E-state index < -0.39 is 23.3 Å². The van der Waals surface area contributed by atoms with Crippen molar-refractivity contribution in [1.29, 1.82) is 0 Å². The molecule has 0 radical (unpaired) electrons. The summed E-state index contributed by atoms with van der Waals surface area (Å²) in [5, 5.41) is 0. The largest absolute Gasteiger partial charge is 0.491 e. The fraction of sp³-hybridized carbons (Fsp3) is 0.440. The van der Waals surface area contributed by atoms with Gasteiger partial charge in [-0.2, -0.15) is 4.39 Å². The Morgan fingerprint density at radius 1 is 0.900 bits per heavy atom. The zero-order chi connectivity index (χ0) is 21.7. The summed E-state index contributed by atoms with van der Waals surface area (Å²) < 4.78 is 61.2. The fourth-order valence-electron chi connectivity index (χ4n) is 4.16. The molecule has 0 saturated heterocycles. The van der Waals surface area contributed by atoms with E-state index in [0.29, 0.717) is 35.4 Å². The first-order valence-electron chi connectivity index (χ1n) is 10.6. The Morgan fingerprint density at radius 2 is 1.63 bits per heavy atom. The number of ether oxygens (including phenoxy) is 1. The average Bonchev–Trinajstić information content (AvgIpc) is 2.75. The van der Waals surface area contributed by atoms with Crippen molar-refractivity contribution in [1.82, 2.24) is 0 Å². The van der Waals surface area contributed by atoms with E-state index in [1.54, 1.807) is 32.0 Å². The quantitative estimate of drug-likeness (QED) is 0.335. The summed E-state index contributed by atoms with van der Waals surface area (Å²) in [5.41, 5.74) is 1.14. The third-order valence-electron chi connectivity index (χ3n) is 5.93. The highest BCUT2D eigenvalue weighted by molar-refractivity contribution is 5.31. The lowest BCUT2D eigenvalue weighted by atomic mass is 9.78. The Hall–Kier alpha value is -2.30. The predicted molar refractivity (Wildman–Crippen MR) is 111 cm³/mol. The van der Waals surface area contributed by atoms with Crippen molar-refractivity contribution >= 4 is 0 Å². The van der Waals surface area contributed by atoms with Crippen molar-refractivity contribution in [2.45, 2.75) is 58.3 Å². The number of rotatable bonds is 7. The molecule has 0 heterocycles. The molecule has 1 fully saturated rings. The number of halogens is 4. The molecular weight excluding hydrogens is 392 g/mol. The van der Waals surface area contributed by atoms with Gasteiger partial charge in [-0.1, -0.05) is 30.4 Å². The molecule has 0 aromatic heterocycles. The van der Waals surface area contributed by atoms with Crippen LogP contribution in [0.2, 0.25) is 0 Å². The van der Waals surface area contributed by atoms with Gasteiger partial charge >= 0.3 is 0 Å². The first kappa shape index (κ1) is 22.4. The van der Waals surface area contributed by atoms with Gasteiger partial charge in [0.15, 0.2) is 23.2 Å². The van der Waals surface area contributed by atoms with Gasteiger partial charge in [-0.15, -0.1) is 0 Å². The number of benzene rings is 2. The monoisotopic (exact) mass is 420 g/mol. The SMILES string of the molecule is CCOc1ccc(CC/C=C/C2CCC(c3ccc(C)c(F)c3F)CC2)c(F)c1F. The summed E-state index contributed by atoms with van der Waals surface area (Å²) in [5.74, 6) is -2.87. The molecule has 162 valence electrons. The van der Waals surface area contributed by atoms with Crippen LogP contribution in [-0.4, -0.2) is 6.61 Å². The average molecular weight is 420 g/mol. The van der Waals surface area contributed by atoms with Crippen molar-refractivity contribution < 1.29 is 22.3 Å². The van der Waals surface area contributed by atoms with Gasteiger partial charge in [0.25, 0.3) is 0 Å². The number of hydrogen-bond acceptors (Lipinski definition) is 1. The number of aryl methyl sites for hydroxylation is 2. The molecule has 1 nitrogen and oxygen atoms in total. The lowest BCUT2D eigenvalue weighted by Crippen LogP contribution is -2.13. The molecule has 0 aliphatic heterocycles. The van der Waals surface area contributed by atoms with Crippen molar-refractivity contribution in [3.8, 4) is 5.75 Å². The molecule has 1 aliphatic rings. The fourth-order valence-corrected chi connectivity index (χ4v) is 4.16. The van der Waals surface area contributed by atoms with Crippen molar-refractivity contribution in [2.24, 2.45) is 5.92 Å². The first-order chi connectivity index (χ1) is 14.4. The van der Waals surface area contributed by atoms with Crippen LogP contribution < -0.4 is 4.74 Å². The molecule has 5 heteroatoms. The second-order valence-corrected chi connectivity index (χ2v) is 7.96. The van der Waals surface area contributed by atoms with Crippen molar-refractivity contribution in [3.63, 3.8) is 0 Å². The Bertz CT molecular complexity index is 899. The van der Waals surface area contributed by atoms with Gasteiger partial charge in [0.1, 0.15) is 0 Å². The van der Waals surface area contributed by atoms with Gasteiger partial charge in [-0.05, 0) is 87.0 Å². The Morgan fingerprint density at radius 3 is 2.33 bits per heavy atom. The van der Waals surface area contributed by atoms with E-state index in [1.165, 1.54) is 6.07 Å². The molecule has 0 spiro atoms. The van der Waals surface area contributed by atoms with Crippen LogP contribution in [0.1, 0.15) is 61.6 Å². The third-order valence-corrected chi connectivity index (χ3v) is 5.93. The minimum Gasteiger partial charge on any atom is -0.491 e. The van der Waals surface area contributed by atoms with E-state index >= 15 is 0 Å². The molecule has 0 bridgehead atoms. The highest BCUT2D eigenvalue weighted by Gasteiger charge is 2.25. The van der Waals surface area contributed by atoms with Gasteiger partial charge in [0, 0.05) is 0 Å². The molecule has 3 rings (SSSR count). The molecule has 0 N–H and O–H groups in total. The van der Waals surface area contributed by atoms with Crippen LogP contribution in [0.3, 0.4) is 0 Å². The highest BCUT2D eigenvalue weighted by atomic mass is 19.2. The van der Waals surface area contributed by atoms with E-state index in [9.17, 15) is 17.6 Å². The lowest BCUT2D eigenvalue weighted by Gasteiger charge is -2.27. The normalized spacial score (nSPS) is 19.4. The number of allylic oxidation sites excluding steroid dienone is 2. The maximum atomic E-state index is 14.2. The topological polar surface area (TPSA) is 9.23 Å². The minimum atomic E-state index is -0.934. The smallest absolute Gasteiger partial charge is 0.200 e. The van der Waals surface area contributed by atoms with Crippen LogP contribution >= 0.6 is 0 Å². The van der Waals surface area contributed by atoms with Crippen LogP contribution in [-0.2, 0) is 6.42 Å². The van der Waals surface area contributed by atoms with Crippen LogP contribution in [0.5, 0.6) is 5.75 Å². The summed E-state index contributed by atoms with van der Waals surface area (Å²) >= 11 is 0. The first-order valence-corrected chi connectivity index (χ1v) is 10.6. The van der Waals surface area contributed by atoms with Crippen molar-refractivity contribution in [3.05, 3.63) is 76.4 Å². The van der Waals surface area contributed by atoms with Crippen molar-refractivity contribution in [2.75, 3.05) is 6.61 Å². The summed E-state index contributed by atoms with van der Waals surface area (Å²) in [6.07, 6.45) is 8.58. The van der Waals surface area contributed by atoms with E-state index in [4.69, 9.17) is 4.74 Å². The number of hydrogen-bond donors (Lipinski definition) is 0. The van der Waals surface area contributed by atoms with E-state index in [-0.39, 0.29) is 18.3 Å². The van der Waals surface area contributed by atoms with E-state index in [1.807, 2.05) is 6.08 Å². The molecule has 1 saturated carbocycles. The summed E-state index contributed by atoms with van der Waals surface area (Å²) in [6.45, 7) is 3.57. The van der Waals surface area contributed by atoms with Crippen LogP contribution in [0.25, 0.3) is 0 Å². The molecule has 0 unspecified atom stereocenters. The summed E-state index contributed by atoms with van der Waals surface area (Å²) in [4.78, 5) is 0.